The monoisotopic (exact) mass is 162 g/mol. The number of rotatable bonds is 2. The van der Waals surface area contributed by atoms with E-state index in [1.165, 1.54) is 0 Å². The Balaban J connectivity index is 2.86. The number of hydrogen-bond donors (Lipinski definition) is 1. The standard InChI is InChI=1S/C11H14O/c1-3-9(2)11(12)10-7-5-4-6-8-10/h3-8,11-12H,1-2H3/b9-3+/t11-/m1/s1. The first-order valence-electron chi connectivity index (χ1n) is 4.11. The third-order valence-corrected chi connectivity index (χ3v) is 2.00. The first kappa shape index (κ1) is 9.01. The second kappa shape index (κ2) is 4.07. The van der Waals surface area contributed by atoms with E-state index in [2.05, 4.69) is 0 Å². The number of aliphatic hydroxyl groups is 1. The van der Waals surface area contributed by atoms with E-state index in [1.54, 1.807) is 0 Å². The molecule has 0 aromatic heterocycles. The Morgan fingerprint density at radius 1 is 1.33 bits per heavy atom. The Bertz CT molecular complexity index is 262. The number of benzene rings is 1. The van der Waals surface area contributed by atoms with Crippen molar-refractivity contribution in [1.29, 1.82) is 0 Å². The summed E-state index contributed by atoms with van der Waals surface area (Å²) in [6.45, 7) is 3.86. The molecule has 1 N–H and O–H groups in total. The lowest BCUT2D eigenvalue weighted by molar-refractivity contribution is 0.215. The van der Waals surface area contributed by atoms with Crippen LogP contribution in [-0.4, -0.2) is 5.11 Å². The smallest absolute Gasteiger partial charge is 0.0998 e. The summed E-state index contributed by atoms with van der Waals surface area (Å²) in [6.07, 6.45) is 1.48. The van der Waals surface area contributed by atoms with Crippen LogP contribution >= 0.6 is 0 Å². The molecule has 0 unspecified atom stereocenters. The lowest BCUT2D eigenvalue weighted by Gasteiger charge is -2.10. The van der Waals surface area contributed by atoms with Crippen LogP contribution in [0.3, 0.4) is 0 Å². The van der Waals surface area contributed by atoms with Crippen LogP contribution in [0.25, 0.3) is 0 Å². The van der Waals surface area contributed by atoms with Crippen LogP contribution in [-0.2, 0) is 0 Å². The topological polar surface area (TPSA) is 20.2 Å². The van der Waals surface area contributed by atoms with E-state index in [9.17, 15) is 5.11 Å². The third kappa shape index (κ3) is 1.95. The van der Waals surface area contributed by atoms with Crippen molar-refractivity contribution in [2.75, 3.05) is 0 Å². The van der Waals surface area contributed by atoms with Gasteiger partial charge in [-0.25, -0.2) is 0 Å². The van der Waals surface area contributed by atoms with Crippen molar-refractivity contribution < 1.29 is 5.11 Å². The molecule has 64 valence electrons. The minimum atomic E-state index is -0.448. The Kier molecular flexibility index (Phi) is 3.06. The van der Waals surface area contributed by atoms with E-state index in [1.807, 2.05) is 50.3 Å². The molecule has 0 saturated heterocycles. The molecule has 0 saturated carbocycles. The summed E-state index contributed by atoms with van der Waals surface area (Å²) in [5, 5.41) is 9.72. The average Bonchev–Trinajstić information content (AvgIpc) is 2.17. The number of allylic oxidation sites excluding steroid dienone is 1. The number of aliphatic hydroxyl groups excluding tert-OH is 1. The third-order valence-electron chi connectivity index (χ3n) is 2.00. The van der Waals surface area contributed by atoms with Crippen molar-refractivity contribution in [1.82, 2.24) is 0 Å². The molecule has 0 bridgehead atoms. The molecule has 0 aliphatic rings. The second-order valence-corrected chi connectivity index (χ2v) is 2.85. The Morgan fingerprint density at radius 2 is 1.92 bits per heavy atom. The van der Waals surface area contributed by atoms with Crippen LogP contribution in [0.2, 0.25) is 0 Å². The van der Waals surface area contributed by atoms with Gasteiger partial charge in [-0.1, -0.05) is 36.4 Å². The highest BCUT2D eigenvalue weighted by Gasteiger charge is 2.06. The summed E-state index contributed by atoms with van der Waals surface area (Å²) in [5.41, 5.74) is 1.94. The van der Waals surface area contributed by atoms with Gasteiger partial charge in [0.25, 0.3) is 0 Å². The fourth-order valence-corrected chi connectivity index (χ4v) is 1.06. The molecular formula is C11H14O. The molecule has 1 nitrogen and oxygen atoms in total. The fourth-order valence-electron chi connectivity index (χ4n) is 1.06. The summed E-state index contributed by atoms with van der Waals surface area (Å²) < 4.78 is 0. The van der Waals surface area contributed by atoms with Gasteiger partial charge in [0.1, 0.15) is 0 Å². The van der Waals surface area contributed by atoms with Crippen LogP contribution < -0.4 is 0 Å². The van der Waals surface area contributed by atoms with Crippen molar-refractivity contribution in [3.63, 3.8) is 0 Å². The van der Waals surface area contributed by atoms with Crippen molar-refractivity contribution in [2.24, 2.45) is 0 Å². The van der Waals surface area contributed by atoms with Gasteiger partial charge >= 0.3 is 0 Å². The maximum absolute atomic E-state index is 9.72. The van der Waals surface area contributed by atoms with E-state index in [0.29, 0.717) is 0 Å². The van der Waals surface area contributed by atoms with Crippen molar-refractivity contribution in [3.05, 3.63) is 47.5 Å². The molecule has 0 aliphatic heterocycles. The molecule has 1 heteroatoms. The summed E-state index contributed by atoms with van der Waals surface area (Å²) in [7, 11) is 0. The highest BCUT2D eigenvalue weighted by molar-refractivity contribution is 5.24. The fraction of sp³-hybridized carbons (Fsp3) is 0.273. The zero-order valence-corrected chi connectivity index (χ0v) is 7.49. The predicted molar refractivity (Wildman–Crippen MR) is 50.8 cm³/mol. The van der Waals surface area contributed by atoms with Gasteiger partial charge in [-0.3, -0.25) is 0 Å². The summed E-state index contributed by atoms with van der Waals surface area (Å²) in [4.78, 5) is 0. The Labute approximate surface area is 73.4 Å². The Hall–Kier alpha value is -1.08. The van der Waals surface area contributed by atoms with Crippen LogP contribution in [0.4, 0.5) is 0 Å². The zero-order chi connectivity index (χ0) is 8.97. The van der Waals surface area contributed by atoms with Gasteiger partial charge in [0.2, 0.25) is 0 Å². The predicted octanol–water partition coefficient (Wildman–Crippen LogP) is 2.69. The number of hydrogen-bond acceptors (Lipinski definition) is 1. The van der Waals surface area contributed by atoms with Crippen molar-refractivity contribution in [2.45, 2.75) is 20.0 Å². The molecule has 0 amide bonds. The van der Waals surface area contributed by atoms with Gasteiger partial charge in [0.15, 0.2) is 0 Å². The maximum Gasteiger partial charge on any atom is 0.0998 e. The summed E-state index contributed by atoms with van der Waals surface area (Å²) in [5.74, 6) is 0. The molecule has 12 heavy (non-hydrogen) atoms. The van der Waals surface area contributed by atoms with Crippen LogP contribution in [0.15, 0.2) is 42.0 Å². The molecule has 1 aromatic rings. The molecule has 0 radical (unpaired) electrons. The minimum absolute atomic E-state index is 0.448. The highest BCUT2D eigenvalue weighted by atomic mass is 16.3. The SMILES string of the molecule is C/C=C(\C)[C@@H](O)c1ccccc1. The van der Waals surface area contributed by atoms with Gasteiger partial charge in [-0.15, -0.1) is 0 Å². The first-order chi connectivity index (χ1) is 5.75. The van der Waals surface area contributed by atoms with Gasteiger partial charge < -0.3 is 5.11 Å². The van der Waals surface area contributed by atoms with Crippen molar-refractivity contribution in [3.8, 4) is 0 Å². The molecular weight excluding hydrogens is 148 g/mol. The van der Waals surface area contributed by atoms with E-state index in [-0.39, 0.29) is 0 Å². The quantitative estimate of drug-likeness (QED) is 0.663. The molecule has 1 aromatic carbocycles. The summed E-state index contributed by atoms with van der Waals surface area (Å²) >= 11 is 0. The van der Waals surface area contributed by atoms with Gasteiger partial charge in [0.05, 0.1) is 6.10 Å². The molecule has 0 spiro atoms. The van der Waals surface area contributed by atoms with Gasteiger partial charge in [0, 0.05) is 0 Å². The van der Waals surface area contributed by atoms with Gasteiger partial charge in [-0.05, 0) is 25.0 Å². The molecule has 0 heterocycles. The van der Waals surface area contributed by atoms with Crippen LogP contribution in [0.1, 0.15) is 25.5 Å². The largest absolute Gasteiger partial charge is 0.384 e. The molecule has 1 rings (SSSR count). The van der Waals surface area contributed by atoms with Crippen LogP contribution in [0, 0.1) is 0 Å². The lowest BCUT2D eigenvalue weighted by atomic mass is 10.0. The van der Waals surface area contributed by atoms with E-state index in [4.69, 9.17) is 0 Å². The second-order valence-electron chi connectivity index (χ2n) is 2.85. The first-order valence-corrected chi connectivity index (χ1v) is 4.11. The molecule has 1 atom stereocenters. The average molecular weight is 162 g/mol. The highest BCUT2D eigenvalue weighted by Crippen LogP contribution is 2.19. The van der Waals surface area contributed by atoms with E-state index >= 15 is 0 Å². The lowest BCUT2D eigenvalue weighted by Crippen LogP contribution is -1.97. The van der Waals surface area contributed by atoms with Crippen molar-refractivity contribution >= 4 is 0 Å². The van der Waals surface area contributed by atoms with E-state index < -0.39 is 6.10 Å². The Morgan fingerprint density at radius 3 is 2.42 bits per heavy atom. The normalized spacial score (nSPS) is 14.4. The summed E-state index contributed by atoms with van der Waals surface area (Å²) in [6, 6.07) is 9.67. The van der Waals surface area contributed by atoms with Crippen LogP contribution in [0.5, 0.6) is 0 Å². The molecule has 0 aliphatic carbocycles. The zero-order valence-electron chi connectivity index (χ0n) is 7.49. The van der Waals surface area contributed by atoms with E-state index in [0.717, 1.165) is 11.1 Å². The minimum Gasteiger partial charge on any atom is -0.384 e. The molecule has 0 fully saturated rings. The van der Waals surface area contributed by atoms with Gasteiger partial charge in [-0.2, -0.15) is 0 Å². The maximum atomic E-state index is 9.72.